The number of ether oxygens (including phenoxy) is 2. The molecule has 0 spiro atoms. The maximum atomic E-state index is 5.45. The third-order valence-corrected chi connectivity index (χ3v) is 6.56. The molecule has 1 unspecified atom stereocenters. The third kappa shape index (κ3) is 4.28. The topological polar surface area (TPSA) is 21.7 Å². The first kappa shape index (κ1) is 14.5. The minimum Gasteiger partial charge on any atom is -0.388 e. The molecule has 104 valence electrons. The third-order valence-electron chi connectivity index (χ3n) is 3.57. The van der Waals surface area contributed by atoms with Crippen molar-refractivity contribution in [1.82, 2.24) is 4.90 Å². The van der Waals surface area contributed by atoms with Crippen molar-refractivity contribution in [3.05, 3.63) is 36.4 Å². The summed E-state index contributed by atoms with van der Waals surface area (Å²) in [6, 6.07) is 8.73. The van der Waals surface area contributed by atoms with Gasteiger partial charge in [0.25, 0.3) is 0 Å². The Morgan fingerprint density at radius 1 is 1.42 bits per heavy atom. The van der Waals surface area contributed by atoms with E-state index in [9.17, 15) is 0 Å². The largest absolute Gasteiger partial charge is 0.388 e. The molecule has 0 aliphatic carbocycles. The smallest absolute Gasteiger partial charge is 0.114 e. The van der Waals surface area contributed by atoms with Crippen molar-refractivity contribution in [3.8, 4) is 0 Å². The molecule has 1 aliphatic heterocycles. The number of benzene rings is 1. The summed E-state index contributed by atoms with van der Waals surface area (Å²) in [5.41, 5.74) is 1.20. The highest BCUT2D eigenvalue weighted by Gasteiger charge is 2.19. The number of rotatable bonds is 6. The van der Waals surface area contributed by atoms with Gasteiger partial charge in [0.1, 0.15) is 8.80 Å². The van der Waals surface area contributed by atoms with Gasteiger partial charge in [0.15, 0.2) is 0 Å². The first-order chi connectivity index (χ1) is 9.33. The Hall–Kier alpha value is -0.943. The average molecular weight is 277 g/mol. The highest BCUT2D eigenvalue weighted by Crippen LogP contribution is 2.03. The Morgan fingerprint density at radius 3 is 2.89 bits per heavy atom. The van der Waals surface area contributed by atoms with E-state index in [1.807, 2.05) is 6.08 Å². The van der Waals surface area contributed by atoms with Gasteiger partial charge in [-0.3, -0.25) is 0 Å². The molecule has 0 saturated carbocycles. The van der Waals surface area contributed by atoms with Crippen molar-refractivity contribution < 1.29 is 9.47 Å². The number of methoxy groups -OCH3 is 1. The summed E-state index contributed by atoms with van der Waals surface area (Å²) in [7, 11) is 0.695. The van der Waals surface area contributed by atoms with Crippen LogP contribution in [0.3, 0.4) is 0 Å². The Kier molecular flexibility index (Phi) is 5.79. The van der Waals surface area contributed by atoms with Gasteiger partial charge in [-0.1, -0.05) is 42.1 Å². The molecule has 1 atom stereocenters. The van der Waals surface area contributed by atoms with Crippen molar-refractivity contribution in [1.29, 1.82) is 0 Å². The van der Waals surface area contributed by atoms with Gasteiger partial charge in [-0.25, -0.2) is 0 Å². The van der Waals surface area contributed by atoms with E-state index >= 15 is 0 Å². The maximum absolute atomic E-state index is 5.45. The van der Waals surface area contributed by atoms with Gasteiger partial charge in [0.2, 0.25) is 0 Å². The van der Waals surface area contributed by atoms with E-state index in [4.69, 9.17) is 9.47 Å². The fraction of sp³-hybridized carbons (Fsp3) is 0.467. The van der Waals surface area contributed by atoms with Crippen molar-refractivity contribution >= 4 is 20.1 Å². The van der Waals surface area contributed by atoms with Crippen LogP contribution >= 0.6 is 0 Å². The SMILES string of the molecule is C=Cc1cccc([SiH](COC)CN2CCOCC2)c1. The minimum atomic E-state index is -1.11. The van der Waals surface area contributed by atoms with E-state index < -0.39 is 8.80 Å². The number of hydrogen-bond donors (Lipinski definition) is 0. The van der Waals surface area contributed by atoms with Crippen LogP contribution < -0.4 is 5.19 Å². The van der Waals surface area contributed by atoms with Gasteiger partial charge in [-0.05, 0) is 11.7 Å². The van der Waals surface area contributed by atoms with Crippen LogP contribution in [0.15, 0.2) is 30.8 Å². The Morgan fingerprint density at radius 2 is 2.21 bits per heavy atom. The molecule has 4 heteroatoms. The standard InChI is InChI=1S/C15H23NO2Si/c1-3-14-5-4-6-15(11-14)19(13-17-2)12-16-7-9-18-10-8-16/h3-6,11,19H,1,7-10,12-13H2,2H3. The molecule has 1 aromatic rings. The molecular weight excluding hydrogens is 254 g/mol. The second kappa shape index (κ2) is 7.60. The quantitative estimate of drug-likeness (QED) is 0.719. The van der Waals surface area contributed by atoms with E-state index in [-0.39, 0.29) is 0 Å². The molecule has 0 aromatic heterocycles. The molecule has 1 heterocycles. The Bertz CT molecular complexity index is 405. The predicted molar refractivity (Wildman–Crippen MR) is 82.5 cm³/mol. The van der Waals surface area contributed by atoms with E-state index in [1.165, 1.54) is 10.8 Å². The molecule has 1 aliphatic rings. The van der Waals surface area contributed by atoms with Crippen LogP contribution in [-0.2, 0) is 9.47 Å². The lowest BCUT2D eigenvalue weighted by Crippen LogP contribution is -2.49. The molecule has 1 saturated heterocycles. The zero-order chi connectivity index (χ0) is 13.5. The van der Waals surface area contributed by atoms with Gasteiger partial charge < -0.3 is 14.4 Å². The van der Waals surface area contributed by atoms with Crippen LogP contribution in [-0.4, -0.2) is 59.5 Å². The van der Waals surface area contributed by atoms with Crippen LogP contribution in [0.25, 0.3) is 6.08 Å². The maximum Gasteiger partial charge on any atom is 0.114 e. The van der Waals surface area contributed by atoms with Crippen LogP contribution in [0.2, 0.25) is 0 Å². The van der Waals surface area contributed by atoms with Crippen molar-refractivity contribution in [2.45, 2.75) is 0 Å². The van der Waals surface area contributed by atoms with Gasteiger partial charge in [0.05, 0.1) is 13.2 Å². The lowest BCUT2D eigenvalue weighted by molar-refractivity contribution is 0.0456. The summed E-state index contributed by atoms with van der Waals surface area (Å²) in [4.78, 5) is 2.51. The van der Waals surface area contributed by atoms with E-state index in [0.717, 1.165) is 38.7 Å². The normalized spacial score (nSPS) is 18.2. The monoisotopic (exact) mass is 277 g/mol. The van der Waals surface area contributed by atoms with Gasteiger partial charge in [0, 0.05) is 26.4 Å². The van der Waals surface area contributed by atoms with Gasteiger partial charge in [-0.15, -0.1) is 0 Å². The summed E-state index contributed by atoms with van der Waals surface area (Å²) in [6.07, 6.45) is 3.96. The van der Waals surface area contributed by atoms with Gasteiger partial charge >= 0.3 is 0 Å². The molecule has 0 radical (unpaired) electrons. The Balaban J connectivity index is 2.06. The lowest BCUT2D eigenvalue weighted by Gasteiger charge is -2.30. The second-order valence-corrected chi connectivity index (χ2v) is 7.70. The van der Waals surface area contributed by atoms with Crippen LogP contribution in [0.1, 0.15) is 5.56 Å². The lowest BCUT2D eigenvalue weighted by atomic mass is 10.2. The fourth-order valence-electron chi connectivity index (χ4n) is 2.49. The molecular formula is C15H23NO2Si. The zero-order valence-electron chi connectivity index (χ0n) is 11.7. The summed E-state index contributed by atoms with van der Waals surface area (Å²) < 4.78 is 10.9. The molecule has 3 nitrogen and oxygen atoms in total. The van der Waals surface area contributed by atoms with E-state index in [1.54, 1.807) is 7.11 Å². The predicted octanol–water partition coefficient (Wildman–Crippen LogP) is 0.821. The molecule has 0 N–H and O–H groups in total. The molecule has 0 amide bonds. The molecule has 1 fully saturated rings. The summed E-state index contributed by atoms with van der Waals surface area (Å²) >= 11 is 0. The highest BCUT2D eigenvalue weighted by atomic mass is 28.3. The summed E-state index contributed by atoms with van der Waals surface area (Å²) in [6.45, 7) is 7.67. The fourth-order valence-corrected chi connectivity index (χ4v) is 5.20. The summed E-state index contributed by atoms with van der Waals surface area (Å²) in [5.74, 6) is 0. The Labute approximate surface area is 117 Å². The number of nitrogens with zero attached hydrogens (tertiary/aromatic N) is 1. The van der Waals surface area contributed by atoms with E-state index in [2.05, 4.69) is 35.7 Å². The average Bonchev–Trinajstić information content (AvgIpc) is 2.48. The summed E-state index contributed by atoms with van der Waals surface area (Å²) in [5, 5.41) is 1.46. The van der Waals surface area contributed by atoms with Crippen molar-refractivity contribution in [2.75, 3.05) is 45.8 Å². The second-order valence-electron chi connectivity index (χ2n) is 4.94. The molecule has 19 heavy (non-hydrogen) atoms. The van der Waals surface area contributed by atoms with Crippen LogP contribution in [0, 0.1) is 0 Å². The van der Waals surface area contributed by atoms with Crippen LogP contribution in [0.4, 0.5) is 0 Å². The van der Waals surface area contributed by atoms with Gasteiger partial charge in [-0.2, -0.15) is 0 Å². The highest BCUT2D eigenvalue weighted by molar-refractivity contribution is 6.73. The van der Waals surface area contributed by atoms with E-state index in [0.29, 0.717) is 0 Å². The first-order valence-corrected chi connectivity index (χ1v) is 9.06. The minimum absolute atomic E-state index is 0.862. The van der Waals surface area contributed by atoms with Crippen molar-refractivity contribution in [2.24, 2.45) is 0 Å². The number of hydrogen-bond acceptors (Lipinski definition) is 3. The molecule has 0 bridgehead atoms. The van der Waals surface area contributed by atoms with Crippen molar-refractivity contribution in [3.63, 3.8) is 0 Å². The number of morpholine rings is 1. The van der Waals surface area contributed by atoms with Crippen LogP contribution in [0.5, 0.6) is 0 Å². The molecule has 2 rings (SSSR count). The molecule has 1 aromatic carbocycles. The first-order valence-electron chi connectivity index (χ1n) is 6.85. The zero-order valence-corrected chi connectivity index (χ0v) is 12.8.